The van der Waals surface area contributed by atoms with Gasteiger partial charge in [-0.25, -0.2) is 0 Å². The van der Waals surface area contributed by atoms with Gasteiger partial charge in [0.2, 0.25) is 5.91 Å². The maximum absolute atomic E-state index is 13.3. The van der Waals surface area contributed by atoms with Gasteiger partial charge in [-0.05, 0) is 62.9 Å². The van der Waals surface area contributed by atoms with Crippen molar-refractivity contribution in [3.63, 3.8) is 0 Å². The molecule has 0 spiro atoms. The van der Waals surface area contributed by atoms with Crippen LogP contribution in [0.3, 0.4) is 0 Å². The molecule has 1 atom stereocenters. The molecule has 2 aromatic rings. The van der Waals surface area contributed by atoms with Crippen LogP contribution in [0.5, 0.6) is 11.5 Å². The molecule has 178 valence electrons. The van der Waals surface area contributed by atoms with E-state index < -0.39 is 6.04 Å². The third kappa shape index (κ3) is 6.98. The largest absolute Gasteiger partial charge is 0.497 e. The Morgan fingerprint density at radius 1 is 1.06 bits per heavy atom. The number of carbonyl (C=O) groups is 2. The Balaban J connectivity index is 1.72. The fraction of sp³-hybridized carbons (Fsp3) is 0.481. The number of amides is 2. The van der Waals surface area contributed by atoms with Crippen molar-refractivity contribution in [1.82, 2.24) is 10.2 Å². The maximum atomic E-state index is 13.3. The summed E-state index contributed by atoms with van der Waals surface area (Å²) in [5.41, 5.74) is 3.04. The third-order valence-corrected chi connectivity index (χ3v) is 6.31. The molecule has 0 aromatic heterocycles. The van der Waals surface area contributed by atoms with Crippen molar-refractivity contribution in [1.29, 1.82) is 0 Å². The molecule has 3 rings (SSSR count). The Labute approximate surface area is 197 Å². The average molecular weight is 453 g/mol. The van der Waals surface area contributed by atoms with Crippen LogP contribution in [-0.4, -0.2) is 42.5 Å². The van der Waals surface area contributed by atoms with E-state index in [2.05, 4.69) is 5.32 Å². The van der Waals surface area contributed by atoms with E-state index in [9.17, 15) is 9.59 Å². The summed E-state index contributed by atoms with van der Waals surface area (Å²) < 4.78 is 11.1. The van der Waals surface area contributed by atoms with Gasteiger partial charge in [-0.15, -0.1) is 0 Å². The summed E-state index contributed by atoms with van der Waals surface area (Å²) in [6.45, 7) is 5.96. The number of ether oxygens (including phenoxy) is 2. The zero-order valence-corrected chi connectivity index (χ0v) is 20.2. The number of methoxy groups -OCH3 is 1. The van der Waals surface area contributed by atoms with Crippen LogP contribution in [0, 0.1) is 13.8 Å². The predicted molar refractivity (Wildman–Crippen MR) is 129 cm³/mol. The van der Waals surface area contributed by atoms with Gasteiger partial charge in [0.1, 0.15) is 17.5 Å². The zero-order chi connectivity index (χ0) is 23.8. The Hall–Kier alpha value is -3.02. The van der Waals surface area contributed by atoms with Crippen LogP contribution < -0.4 is 14.8 Å². The van der Waals surface area contributed by atoms with E-state index in [-0.39, 0.29) is 24.5 Å². The topological polar surface area (TPSA) is 67.9 Å². The molecule has 1 N–H and O–H groups in total. The molecule has 0 aliphatic heterocycles. The molecule has 1 fully saturated rings. The van der Waals surface area contributed by atoms with Gasteiger partial charge < -0.3 is 19.7 Å². The van der Waals surface area contributed by atoms with Crippen LogP contribution in [0.15, 0.2) is 42.5 Å². The first-order chi connectivity index (χ1) is 15.9. The van der Waals surface area contributed by atoms with Crippen molar-refractivity contribution in [2.45, 2.75) is 71.5 Å². The first-order valence-corrected chi connectivity index (χ1v) is 11.8. The molecule has 1 saturated carbocycles. The van der Waals surface area contributed by atoms with Crippen molar-refractivity contribution in [3.05, 3.63) is 59.2 Å². The van der Waals surface area contributed by atoms with E-state index in [1.807, 2.05) is 56.3 Å². The van der Waals surface area contributed by atoms with Crippen LogP contribution in [0.4, 0.5) is 0 Å². The third-order valence-electron chi connectivity index (χ3n) is 6.31. The molecule has 6 heteroatoms. The van der Waals surface area contributed by atoms with Gasteiger partial charge in [0.25, 0.3) is 5.91 Å². The van der Waals surface area contributed by atoms with Crippen LogP contribution >= 0.6 is 0 Å². The first kappa shape index (κ1) is 24.6. The second-order valence-corrected chi connectivity index (χ2v) is 8.95. The summed E-state index contributed by atoms with van der Waals surface area (Å²) in [5.74, 6) is 1.09. The first-order valence-electron chi connectivity index (χ1n) is 11.8. The van der Waals surface area contributed by atoms with Gasteiger partial charge >= 0.3 is 0 Å². The monoisotopic (exact) mass is 452 g/mol. The summed E-state index contributed by atoms with van der Waals surface area (Å²) in [6, 6.07) is 13.0. The number of benzene rings is 2. The number of aryl methyl sites for hydroxylation is 2. The minimum atomic E-state index is -0.607. The quantitative estimate of drug-likeness (QED) is 0.606. The molecule has 0 radical (unpaired) electrons. The molecule has 6 nitrogen and oxygen atoms in total. The van der Waals surface area contributed by atoms with E-state index >= 15 is 0 Å². The predicted octanol–water partition coefficient (Wildman–Crippen LogP) is 4.56. The standard InChI is InChI=1S/C27H36N2O4/c1-19-10-15-25(20(2)16-19)33-18-26(30)29(17-22-11-13-24(32-4)14-12-22)21(3)27(31)28-23-8-6-5-7-9-23/h10-16,21,23H,5-9,17-18H2,1-4H3,(H,28,31)/t21-/m1/s1. The smallest absolute Gasteiger partial charge is 0.261 e. The van der Waals surface area contributed by atoms with Crippen molar-refractivity contribution in [3.8, 4) is 11.5 Å². The number of carbonyl (C=O) groups excluding carboxylic acids is 2. The molecule has 2 aromatic carbocycles. The second-order valence-electron chi connectivity index (χ2n) is 8.95. The van der Waals surface area contributed by atoms with Crippen LogP contribution in [0.25, 0.3) is 0 Å². The van der Waals surface area contributed by atoms with Crippen LogP contribution in [0.2, 0.25) is 0 Å². The summed E-state index contributed by atoms with van der Waals surface area (Å²) in [4.78, 5) is 27.9. The lowest BCUT2D eigenvalue weighted by atomic mass is 9.95. The highest BCUT2D eigenvalue weighted by Crippen LogP contribution is 2.21. The molecule has 33 heavy (non-hydrogen) atoms. The fourth-order valence-electron chi connectivity index (χ4n) is 4.26. The number of nitrogens with one attached hydrogen (secondary N) is 1. The van der Waals surface area contributed by atoms with E-state index in [1.165, 1.54) is 6.42 Å². The van der Waals surface area contributed by atoms with Crippen LogP contribution in [0.1, 0.15) is 55.7 Å². The van der Waals surface area contributed by atoms with Gasteiger partial charge in [0, 0.05) is 12.6 Å². The molecule has 2 amide bonds. The highest BCUT2D eigenvalue weighted by molar-refractivity contribution is 5.88. The highest BCUT2D eigenvalue weighted by Gasteiger charge is 2.28. The van der Waals surface area contributed by atoms with E-state index in [4.69, 9.17) is 9.47 Å². The lowest BCUT2D eigenvalue weighted by Gasteiger charge is -2.31. The minimum absolute atomic E-state index is 0.115. The fourth-order valence-corrected chi connectivity index (χ4v) is 4.26. The normalized spacial score (nSPS) is 14.9. The Bertz CT molecular complexity index is 936. The zero-order valence-electron chi connectivity index (χ0n) is 20.2. The van der Waals surface area contributed by atoms with Gasteiger partial charge in [-0.3, -0.25) is 9.59 Å². The summed E-state index contributed by atoms with van der Waals surface area (Å²) in [6.07, 6.45) is 5.50. The summed E-state index contributed by atoms with van der Waals surface area (Å²) in [7, 11) is 1.62. The van der Waals surface area contributed by atoms with Gasteiger partial charge in [0.15, 0.2) is 6.61 Å². The summed E-state index contributed by atoms with van der Waals surface area (Å²) >= 11 is 0. The van der Waals surface area contributed by atoms with E-state index in [0.717, 1.165) is 48.1 Å². The molecule has 0 bridgehead atoms. The Kier molecular flexibility index (Phi) is 8.75. The van der Waals surface area contributed by atoms with E-state index in [0.29, 0.717) is 12.3 Å². The SMILES string of the molecule is COc1ccc(CN(C(=O)COc2ccc(C)cc2C)[C@H](C)C(=O)NC2CCCCC2)cc1. The van der Waals surface area contributed by atoms with Crippen molar-refractivity contribution >= 4 is 11.8 Å². The Morgan fingerprint density at radius 2 is 1.76 bits per heavy atom. The second kappa shape index (κ2) is 11.7. The minimum Gasteiger partial charge on any atom is -0.497 e. The number of hydrogen-bond donors (Lipinski definition) is 1. The van der Waals surface area contributed by atoms with Crippen molar-refractivity contribution in [2.24, 2.45) is 0 Å². The Morgan fingerprint density at radius 3 is 2.39 bits per heavy atom. The number of nitrogens with zero attached hydrogens (tertiary/aromatic N) is 1. The maximum Gasteiger partial charge on any atom is 0.261 e. The van der Waals surface area contributed by atoms with Gasteiger partial charge in [0.05, 0.1) is 7.11 Å². The number of rotatable bonds is 9. The average Bonchev–Trinajstić information content (AvgIpc) is 2.82. The number of hydrogen-bond acceptors (Lipinski definition) is 4. The summed E-state index contributed by atoms with van der Waals surface area (Å²) in [5, 5.41) is 3.15. The van der Waals surface area contributed by atoms with Crippen molar-refractivity contribution < 1.29 is 19.1 Å². The lowest BCUT2D eigenvalue weighted by molar-refractivity contribution is -0.142. The molecular weight excluding hydrogens is 416 g/mol. The molecule has 0 saturated heterocycles. The molecule has 1 aliphatic carbocycles. The molecule has 0 unspecified atom stereocenters. The van der Waals surface area contributed by atoms with Gasteiger partial charge in [-0.2, -0.15) is 0 Å². The van der Waals surface area contributed by atoms with Crippen molar-refractivity contribution in [2.75, 3.05) is 13.7 Å². The molecule has 0 heterocycles. The highest BCUT2D eigenvalue weighted by atomic mass is 16.5. The molecule has 1 aliphatic rings. The van der Waals surface area contributed by atoms with E-state index in [1.54, 1.807) is 18.9 Å². The van der Waals surface area contributed by atoms with Gasteiger partial charge in [-0.1, -0.05) is 49.1 Å². The van der Waals surface area contributed by atoms with Crippen LogP contribution in [-0.2, 0) is 16.1 Å². The molecular formula is C27H36N2O4. The lowest BCUT2D eigenvalue weighted by Crippen LogP contribution is -2.51.